The Bertz CT molecular complexity index is 1610. The quantitative estimate of drug-likeness (QED) is 0.410. The molecule has 0 N–H and O–H groups in total. The topological polar surface area (TPSA) is 88.4 Å². The molecule has 0 saturated carbocycles. The van der Waals surface area contributed by atoms with Crippen LogP contribution in [0.2, 0.25) is 0 Å². The summed E-state index contributed by atoms with van der Waals surface area (Å²) in [6.45, 7) is 0. The van der Waals surface area contributed by atoms with Gasteiger partial charge in [-0.2, -0.15) is 4.68 Å². The van der Waals surface area contributed by atoms with Gasteiger partial charge in [-0.15, -0.1) is 5.10 Å². The molecule has 8 nitrogen and oxygen atoms in total. The Morgan fingerprint density at radius 1 is 0.861 bits per heavy atom. The van der Waals surface area contributed by atoms with Crippen molar-refractivity contribution in [1.29, 1.82) is 0 Å². The van der Waals surface area contributed by atoms with Gasteiger partial charge in [0.15, 0.2) is 0 Å². The monoisotopic (exact) mass is 479 g/mol. The smallest absolute Gasteiger partial charge is 0.272 e. The molecular weight excluding hydrogens is 461 g/mol. The van der Waals surface area contributed by atoms with E-state index in [4.69, 9.17) is 0 Å². The van der Waals surface area contributed by atoms with Crippen molar-refractivity contribution in [3.8, 4) is 0 Å². The average Bonchev–Trinajstić information content (AvgIpc) is 3.56. The van der Waals surface area contributed by atoms with Crippen molar-refractivity contribution in [2.24, 2.45) is 11.8 Å². The Kier molecular flexibility index (Phi) is 4.26. The van der Waals surface area contributed by atoms with Crippen LogP contribution in [0, 0.1) is 17.7 Å². The number of hydrogen-bond donors (Lipinski definition) is 0. The lowest BCUT2D eigenvalue weighted by atomic mass is 9.88. The number of amides is 2. The maximum Gasteiger partial charge on any atom is 0.272 e. The van der Waals surface area contributed by atoms with Crippen LogP contribution >= 0.6 is 0 Å². The summed E-state index contributed by atoms with van der Waals surface area (Å²) in [5.74, 6) is -3.53. The van der Waals surface area contributed by atoms with E-state index in [0.29, 0.717) is 11.0 Å². The maximum absolute atomic E-state index is 14.1. The van der Waals surface area contributed by atoms with Gasteiger partial charge in [0.25, 0.3) is 5.91 Å². The van der Waals surface area contributed by atoms with Gasteiger partial charge in [-0.3, -0.25) is 14.4 Å². The lowest BCUT2D eigenvalue weighted by molar-refractivity contribution is -0.122. The van der Waals surface area contributed by atoms with Crippen molar-refractivity contribution in [2.75, 3.05) is 9.80 Å². The number of rotatable bonds is 2. The number of nitrogens with zero attached hydrogens (tertiary/aromatic N) is 5. The summed E-state index contributed by atoms with van der Waals surface area (Å²) in [6.07, 6.45) is 3.80. The van der Waals surface area contributed by atoms with Gasteiger partial charge in [-0.25, -0.2) is 9.29 Å². The molecule has 36 heavy (non-hydrogen) atoms. The summed E-state index contributed by atoms with van der Waals surface area (Å²) < 4.78 is 14.8. The van der Waals surface area contributed by atoms with Crippen LogP contribution in [0.25, 0.3) is 17.1 Å². The number of aromatic nitrogens is 3. The molecule has 3 aromatic carbocycles. The molecule has 3 aliphatic rings. The number of imide groups is 1. The van der Waals surface area contributed by atoms with Crippen molar-refractivity contribution in [1.82, 2.24) is 15.0 Å². The summed E-state index contributed by atoms with van der Waals surface area (Å²) in [5, 5.41) is 8.21. The number of benzene rings is 3. The summed E-state index contributed by atoms with van der Waals surface area (Å²) in [4.78, 5) is 44.7. The van der Waals surface area contributed by atoms with E-state index in [1.807, 2.05) is 41.3 Å². The van der Waals surface area contributed by atoms with E-state index >= 15 is 0 Å². The fourth-order valence-corrected chi connectivity index (χ4v) is 5.80. The molecule has 9 heteroatoms. The molecule has 4 aromatic rings. The minimum atomic E-state index is -0.988. The zero-order valence-electron chi connectivity index (χ0n) is 18.7. The molecule has 2 amide bonds. The normalized spacial score (nSPS) is 24.2. The van der Waals surface area contributed by atoms with E-state index in [2.05, 4.69) is 10.3 Å². The highest BCUT2D eigenvalue weighted by Gasteiger charge is 2.64. The highest BCUT2D eigenvalue weighted by Crippen LogP contribution is 2.49. The third-order valence-corrected chi connectivity index (χ3v) is 7.31. The lowest BCUT2D eigenvalue weighted by Gasteiger charge is -2.36. The first-order valence-electron chi connectivity index (χ1n) is 11.6. The maximum atomic E-state index is 14.1. The molecule has 4 atom stereocenters. The third-order valence-electron chi connectivity index (χ3n) is 7.31. The van der Waals surface area contributed by atoms with Crippen LogP contribution in [0.1, 0.15) is 10.4 Å². The Hall–Kier alpha value is -4.66. The molecule has 4 heterocycles. The molecule has 0 radical (unpaired) electrons. The van der Waals surface area contributed by atoms with Gasteiger partial charge in [-0.05, 0) is 48.0 Å². The third kappa shape index (κ3) is 2.70. The zero-order chi connectivity index (χ0) is 24.6. The predicted octanol–water partition coefficient (Wildman–Crippen LogP) is 3.30. The Morgan fingerprint density at radius 3 is 2.42 bits per heavy atom. The summed E-state index contributed by atoms with van der Waals surface area (Å²) >= 11 is 0. The van der Waals surface area contributed by atoms with Crippen LogP contribution < -0.4 is 9.80 Å². The summed E-state index contributed by atoms with van der Waals surface area (Å²) in [5.41, 5.74) is 3.03. The SMILES string of the molecule is O=C1C2C(C(=O)N1c1ccc(F)cc1)C(C(=O)n1nnc3ccccc31)N1c3ccccc3C=CC21. The minimum absolute atomic E-state index is 0.282. The first kappa shape index (κ1) is 20.7. The van der Waals surface area contributed by atoms with Gasteiger partial charge < -0.3 is 4.90 Å². The second-order valence-corrected chi connectivity index (χ2v) is 9.13. The van der Waals surface area contributed by atoms with Gasteiger partial charge in [0.05, 0.1) is 29.1 Å². The van der Waals surface area contributed by atoms with Crippen LogP contribution in [-0.4, -0.2) is 44.8 Å². The number of hydrogen-bond acceptors (Lipinski definition) is 6. The van der Waals surface area contributed by atoms with Crippen LogP contribution in [0.3, 0.4) is 0 Å². The van der Waals surface area contributed by atoms with Gasteiger partial charge in [0, 0.05) is 5.69 Å². The molecule has 3 aliphatic heterocycles. The molecule has 176 valence electrons. The van der Waals surface area contributed by atoms with Crippen molar-refractivity contribution >= 4 is 46.2 Å². The largest absolute Gasteiger partial charge is 0.351 e. The van der Waals surface area contributed by atoms with Crippen LogP contribution in [0.5, 0.6) is 0 Å². The zero-order valence-corrected chi connectivity index (χ0v) is 18.7. The van der Waals surface area contributed by atoms with E-state index in [9.17, 15) is 18.8 Å². The van der Waals surface area contributed by atoms with E-state index in [1.54, 1.807) is 24.3 Å². The Labute approximate surface area is 204 Å². The Morgan fingerprint density at radius 2 is 1.58 bits per heavy atom. The molecule has 0 aliphatic carbocycles. The first-order valence-corrected chi connectivity index (χ1v) is 11.6. The van der Waals surface area contributed by atoms with E-state index in [1.165, 1.54) is 28.9 Å². The lowest BCUT2D eigenvalue weighted by Crippen LogP contribution is -2.50. The molecular formula is C27H18FN5O3. The number of fused-ring (bicyclic) bond motifs is 6. The molecule has 0 bridgehead atoms. The van der Waals surface area contributed by atoms with Gasteiger partial charge in [-0.1, -0.05) is 47.7 Å². The number of halogens is 1. The first-order chi connectivity index (χ1) is 17.5. The van der Waals surface area contributed by atoms with Crippen molar-refractivity contribution < 1.29 is 18.8 Å². The standard InChI is InChI=1S/C27H18FN5O3/c28-16-10-12-17(13-11-16)31-25(34)22-21-14-9-15-5-1-3-7-19(15)32(21)24(23(22)26(31)35)27(36)33-20-8-4-2-6-18(20)29-30-33/h1-14,21-24H. The van der Waals surface area contributed by atoms with Gasteiger partial charge >= 0.3 is 0 Å². The summed E-state index contributed by atoms with van der Waals surface area (Å²) in [6, 6.07) is 18.4. The van der Waals surface area contributed by atoms with E-state index < -0.39 is 47.5 Å². The summed E-state index contributed by atoms with van der Waals surface area (Å²) in [7, 11) is 0. The second kappa shape index (κ2) is 7.42. The van der Waals surface area contributed by atoms with Crippen molar-refractivity contribution in [2.45, 2.75) is 12.1 Å². The number of carbonyl (C=O) groups excluding carboxylic acids is 3. The molecule has 2 saturated heterocycles. The number of carbonyl (C=O) groups is 3. The van der Waals surface area contributed by atoms with Crippen LogP contribution in [0.15, 0.2) is 78.9 Å². The molecule has 1 aromatic heterocycles. The number of anilines is 2. The van der Waals surface area contributed by atoms with Crippen molar-refractivity contribution in [3.05, 3.63) is 90.3 Å². The fraction of sp³-hybridized carbons (Fsp3) is 0.148. The second-order valence-electron chi connectivity index (χ2n) is 9.13. The Balaban J connectivity index is 1.39. The molecule has 4 unspecified atom stereocenters. The van der Waals surface area contributed by atoms with Gasteiger partial charge in [0.1, 0.15) is 17.4 Å². The van der Waals surface area contributed by atoms with Crippen LogP contribution in [-0.2, 0) is 9.59 Å². The molecule has 7 rings (SSSR count). The van der Waals surface area contributed by atoms with E-state index in [0.717, 1.165) is 16.2 Å². The fourth-order valence-electron chi connectivity index (χ4n) is 5.80. The highest BCUT2D eigenvalue weighted by molar-refractivity contribution is 6.25. The minimum Gasteiger partial charge on any atom is -0.351 e. The molecule has 0 spiro atoms. The highest BCUT2D eigenvalue weighted by atomic mass is 19.1. The van der Waals surface area contributed by atoms with Crippen LogP contribution in [0.4, 0.5) is 15.8 Å². The van der Waals surface area contributed by atoms with E-state index in [-0.39, 0.29) is 5.69 Å². The molecule has 2 fully saturated rings. The predicted molar refractivity (Wildman–Crippen MR) is 130 cm³/mol. The number of para-hydroxylation sites is 2. The van der Waals surface area contributed by atoms with Gasteiger partial charge in [0.2, 0.25) is 11.8 Å². The van der Waals surface area contributed by atoms with Crippen molar-refractivity contribution in [3.63, 3.8) is 0 Å². The average molecular weight is 479 g/mol.